The summed E-state index contributed by atoms with van der Waals surface area (Å²) in [5, 5.41) is 4.10. The zero-order valence-corrected chi connectivity index (χ0v) is 16.8. The predicted molar refractivity (Wildman–Crippen MR) is 106 cm³/mol. The molecule has 0 unspecified atom stereocenters. The minimum absolute atomic E-state index is 0.0597. The third-order valence-corrected chi connectivity index (χ3v) is 4.89. The molecule has 2 aromatic heterocycles. The third kappa shape index (κ3) is 3.75. The maximum Gasteiger partial charge on any atom is 0.245 e. The van der Waals surface area contributed by atoms with Crippen molar-refractivity contribution in [3.05, 3.63) is 47.6 Å². The Morgan fingerprint density at radius 3 is 2.63 bits per heavy atom. The molecule has 0 saturated heterocycles. The lowest BCUT2D eigenvalue weighted by Crippen LogP contribution is -2.34. The molecule has 0 fully saturated rings. The fourth-order valence-corrected chi connectivity index (χ4v) is 3.41. The SMILES string of the molecule is CCc1nc2ccccc2n1[C@@H](CC)C(=O)N(C)Cc1cc(C(C)C)on1. The van der Waals surface area contributed by atoms with Crippen molar-refractivity contribution in [1.82, 2.24) is 19.6 Å². The lowest BCUT2D eigenvalue weighted by Gasteiger charge is -2.25. The topological polar surface area (TPSA) is 64.2 Å². The van der Waals surface area contributed by atoms with Gasteiger partial charge in [-0.3, -0.25) is 4.79 Å². The van der Waals surface area contributed by atoms with Crippen LogP contribution in [0.3, 0.4) is 0 Å². The number of nitrogens with zero attached hydrogens (tertiary/aromatic N) is 4. The molecule has 144 valence electrons. The van der Waals surface area contributed by atoms with Crippen molar-refractivity contribution in [3.63, 3.8) is 0 Å². The highest BCUT2D eigenvalue weighted by Gasteiger charge is 2.26. The standard InChI is InChI=1S/C21H28N4O2/c1-6-17(25-18-11-9-8-10-16(18)22-20(25)7-2)21(26)24(5)13-15-12-19(14(3)4)27-23-15/h8-12,14,17H,6-7,13H2,1-5H3/t17-/m0/s1. The first-order valence-corrected chi connectivity index (χ1v) is 9.62. The minimum Gasteiger partial charge on any atom is -0.361 e. The number of benzene rings is 1. The van der Waals surface area contributed by atoms with Crippen molar-refractivity contribution >= 4 is 16.9 Å². The van der Waals surface area contributed by atoms with Gasteiger partial charge in [0.05, 0.1) is 17.6 Å². The number of rotatable bonds is 7. The Morgan fingerprint density at radius 1 is 1.26 bits per heavy atom. The van der Waals surface area contributed by atoms with Gasteiger partial charge in [-0.25, -0.2) is 4.98 Å². The Bertz CT molecular complexity index is 925. The van der Waals surface area contributed by atoms with E-state index in [2.05, 4.69) is 30.5 Å². The molecule has 0 N–H and O–H groups in total. The maximum atomic E-state index is 13.2. The number of aryl methyl sites for hydroxylation is 1. The number of carbonyl (C=O) groups is 1. The van der Waals surface area contributed by atoms with Crippen molar-refractivity contribution in [2.24, 2.45) is 0 Å². The summed E-state index contributed by atoms with van der Waals surface area (Å²) in [5.41, 5.74) is 2.71. The number of fused-ring (bicyclic) bond motifs is 1. The molecule has 0 saturated carbocycles. The average molecular weight is 368 g/mol. The van der Waals surface area contributed by atoms with Gasteiger partial charge in [0.2, 0.25) is 5.91 Å². The Balaban J connectivity index is 1.87. The van der Waals surface area contributed by atoms with E-state index < -0.39 is 0 Å². The minimum atomic E-state index is -0.283. The number of aromatic nitrogens is 3. The van der Waals surface area contributed by atoms with E-state index in [1.807, 2.05) is 44.3 Å². The highest BCUT2D eigenvalue weighted by atomic mass is 16.5. The van der Waals surface area contributed by atoms with Crippen molar-refractivity contribution < 1.29 is 9.32 Å². The van der Waals surface area contributed by atoms with E-state index >= 15 is 0 Å². The molecule has 27 heavy (non-hydrogen) atoms. The summed E-state index contributed by atoms with van der Waals surface area (Å²) >= 11 is 0. The van der Waals surface area contributed by atoms with E-state index in [1.165, 1.54) is 0 Å². The number of hydrogen-bond acceptors (Lipinski definition) is 4. The highest BCUT2D eigenvalue weighted by molar-refractivity contribution is 5.84. The molecular formula is C21H28N4O2. The Kier molecular flexibility index (Phi) is 5.63. The van der Waals surface area contributed by atoms with Crippen LogP contribution in [0.1, 0.15) is 63.4 Å². The molecule has 0 aliphatic carbocycles. The van der Waals surface area contributed by atoms with E-state index in [-0.39, 0.29) is 17.9 Å². The Labute approximate surface area is 160 Å². The van der Waals surface area contributed by atoms with Gasteiger partial charge in [-0.1, -0.05) is 45.0 Å². The van der Waals surface area contributed by atoms with Crippen molar-refractivity contribution in [2.75, 3.05) is 7.05 Å². The number of imidazole rings is 1. The van der Waals surface area contributed by atoms with E-state index in [1.54, 1.807) is 4.90 Å². The van der Waals surface area contributed by atoms with Crippen LogP contribution in [-0.4, -0.2) is 32.6 Å². The summed E-state index contributed by atoms with van der Waals surface area (Å²) in [7, 11) is 1.82. The summed E-state index contributed by atoms with van der Waals surface area (Å²) in [6.45, 7) is 8.66. The largest absolute Gasteiger partial charge is 0.361 e. The summed E-state index contributed by atoms with van der Waals surface area (Å²) < 4.78 is 7.45. The Hall–Kier alpha value is -2.63. The summed E-state index contributed by atoms with van der Waals surface area (Å²) in [4.78, 5) is 19.7. The van der Waals surface area contributed by atoms with Crippen LogP contribution in [0.25, 0.3) is 11.0 Å². The summed E-state index contributed by atoms with van der Waals surface area (Å²) in [6.07, 6.45) is 1.48. The normalized spacial score (nSPS) is 12.7. The lowest BCUT2D eigenvalue weighted by atomic mass is 10.1. The summed E-state index contributed by atoms with van der Waals surface area (Å²) in [5.74, 6) is 2.12. The van der Waals surface area contributed by atoms with E-state index in [9.17, 15) is 4.79 Å². The molecule has 1 amide bonds. The first-order chi connectivity index (χ1) is 13.0. The van der Waals surface area contributed by atoms with Gasteiger partial charge in [-0.15, -0.1) is 0 Å². The Morgan fingerprint density at radius 2 is 2.00 bits per heavy atom. The van der Waals surface area contributed by atoms with Crippen molar-refractivity contribution in [3.8, 4) is 0 Å². The number of hydrogen-bond donors (Lipinski definition) is 0. The number of likely N-dealkylation sites (N-methyl/N-ethyl adjacent to an activating group) is 1. The smallest absolute Gasteiger partial charge is 0.245 e. The molecular weight excluding hydrogens is 340 g/mol. The lowest BCUT2D eigenvalue weighted by molar-refractivity contribution is -0.134. The van der Waals surface area contributed by atoms with Gasteiger partial charge < -0.3 is 14.0 Å². The first kappa shape index (κ1) is 19.1. The molecule has 0 spiro atoms. The monoisotopic (exact) mass is 368 g/mol. The molecule has 0 aliphatic heterocycles. The number of carbonyl (C=O) groups excluding carboxylic acids is 1. The van der Waals surface area contributed by atoms with Crippen molar-refractivity contribution in [1.29, 1.82) is 0 Å². The van der Waals surface area contributed by atoms with Gasteiger partial charge in [0.15, 0.2) is 0 Å². The molecule has 0 aliphatic rings. The van der Waals surface area contributed by atoms with Gasteiger partial charge in [0.1, 0.15) is 23.3 Å². The van der Waals surface area contributed by atoms with Crippen LogP contribution in [0.2, 0.25) is 0 Å². The van der Waals surface area contributed by atoms with Gasteiger partial charge in [0.25, 0.3) is 0 Å². The van der Waals surface area contributed by atoms with Crippen LogP contribution in [0.4, 0.5) is 0 Å². The highest BCUT2D eigenvalue weighted by Crippen LogP contribution is 2.26. The fourth-order valence-electron chi connectivity index (χ4n) is 3.41. The molecule has 3 aromatic rings. The fraction of sp³-hybridized carbons (Fsp3) is 0.476. The molecule has 2 heterocycles. The van der Waals surface area contributed by atoms with Gasteiger partial charge in [-0.05, 0) is 18.6 Å². The zero-order chi connectivity index (χ0) is 19.6. The van der Waals surface area contributed by atoms with E-state index in [0.29, 0.717) is 13.0 Å². The zero-order valence-electron chi connectivity index (χ0n) is 16.8. The molecule has 1 aromatic carbocycles. The maximum absolute atomic E-state index is 13.2. The van der Waals surface area contributed by atoms with E-state index in [4.69, 9.17) is 9.51 Å². The van der Waals surface area contributed by atoms with Crippen LogP contribution in [0, 0.1) is 0 Å². The first-order valence-electron chi connectivity index (χ1n) is 9.62. The summed E-state index contributed by atoms with van der Waals surface area (Å²) in [6, 6.07) is 9.64. The van der Waals surface area contributed by atoms with Crippen molar-refractivity contribution in [2.45, 2.75) is 59.0 Å². The number of amides is 1. The third-order valence-electron chi connectivity index (χ3n) is 4.89. The van der Waals surface area contributed by atoms with Crippen LogP contribution >= 0.6 is 0 Å². The number of para-hydroxylation sites is 2. The molecule has 3 rings (SSSR count). The van der Waals surface area contributed by atoms with Crippen LogP contribution < -0.4 is 0 Å². The van der Waals surface area contributed by atoms with Gasteiger partial charge in [0, 0.05) is 25.5 Å². The second-order valence-corrected chi connectivity index (χ2v) is 7.23. The predicted octanol–water partition coefficient (Wildman–Crippen LogP) is 4.32. The molecule has 0 bridgehead atoms. The molecule has 6 heteroatoms. The van der Waals surface area contributed by atoms with Crippen LogP contribution in [0.5, 0.6) is 0 Å². The van der Waals surface area contributed by atoms with Gasteiger partial charge in [-0.2, -0.15) is 0 Å². The molecule has 1 atom stereocenters. The molecule has 0 radical (unpaired) electrons. The van der Waals surface area contributed by atoms with E-state index in [0.717, 1.165) is 34.7 Å². The van der Waals surface area contributed by atoms with Crippen LogP contribution in [0.15, 0.2) is 34.9 Å². The van der Waals surface area contributed by atoms with Gasteiger partial charge >= 0.3 is 0 Å². The van der Waals surface area contributed by atoms with Crippen LogP contribution in [-0.2, 0) is 17.8 Å². The average Bonchev–Trinajstić information content (AvgIpc) is 3.27. The molecule has 6 nitrogen and oxygen atoms in total. The second-order valence-electron chi connectivity index (χ2n) is 7.23. The quantitative estimate of drug-likeness (QED) is 0.623. The second kappa shape index (κ2) is 7.94.